The van der Waals surface area contributed by atoms with Crippen molar-refractivity contribution in [2.75, 3.05) is 11.9 Å². The van der Waals surface area contributed by atoms with Crippen molar-refractivity contribution >= 4 is 5.69 Å². The zero-order valence-corrected chi connectivity index (χ0v) is 10.0. The number of nitrogens with two attached hydrogens (primary N) is 1. The van der Waals surface area contributed by atoms with Crippen LogP contribution in [-0.4, -0.2) is 12.0 Å². The van der Waals surface area contributed by atoms with Gasteiger partial charge in [0, 0.05) is 26.3 Å². The molecule has 1 heterocycles. The molecular formula is C14H17N3. The largest absolute Gasteiger partial charge is 0.369 e. The highest BCUT2D eigenvalue weighted by atomic mass is 15.1. The summed E-state index contributed by atoms with van der Waals surface area (Å²) in [5.74, 6) is 0. The molecule has 0 unspecified atom stereocenters. The topological polar surface area (TPSA) is 42.2 Å². The summed E-state index contributed by atoms with van der Waals surface area (Å²) in [7, 11) is 2.06. The van der Waals surface area contributed by atoms with Gasteiger partial charge in [0.25, 0.3) is 0 Å². The smallest absolute Gasteiger partial charge is 0.0598 e. The molecule has 3 heteroatoms. The van der Waals surface area contributed by atoms with Crippen LogP contribution in [0.1, 0.15) is 11.1 Å². The second-order valence-electron chi connectivity index (χ2n) is 4.05. The molecule has 0 saturated heterocycles. The van der Waals surface area contributed by atoms with E-state index in [1.807, 2.05) is 18.3 Å². The number of nitrogens with zero attached hydrogens (tertiary/aromatic N) is 2. The van der Waals surface area contributed by atoms with Crippen molar-refractivity contribution < 1.29 is 0 Å². The standard InChI is InChI=1S/C14H17N3/c1-17(11-12-5-3-2-4-6-12)14-10-16-8-7-13(14)9-15/h2-8,10H,9,11,15H2,1H3. The number of rotatable bonds is 4. The molecule has 0 saturated carbocycles. The summed E-state index contributed by atoms with van der Waals surface area (Å²) < 4.78 is 0. The van der Waals surface area contributed by atoms with Crippen molar-refractivity contribution in [2.24, 2.45) is 5.73 Å². The molecular weight excluding hydrogens is 210 g/mol. The summed E-state index contributed by atoms with van der Waals surface area (Å²) in [6.07, 6.45) is 3.65. The molecule has 1 aromatic carbocycles. The van der Waals surface area contributed by atoms with Crippen molar-refractivity contribution in [2.45, 2.75) is 13.1 Å². The summed E-state index contributed by atoms with van der Waals surface area (Å²) in [6.45, 7) is 1.40. The Morgan fingerprint density at radius 1 is 1.18 bits per heavy atom. The van der Waals surface area contributed by atoms with Gasteiger partial charge in [0.15, 0.2) is 0 Å². The Labute approximate surface area is 102 Å². The first-order valence-electron chi connectivity index (χ1n) is 5.69. The number of aromatic nitrogens is 1. The Hall–Kier alpha value is -1.87. The average molecular weight is 227 g/mol. The van der Waals surface area contributed by atoms with Gasteiger partial charge in [-0.05, 0) is 17.2 Å². The quantitative estimate of drug-likeness (QED) is 0.870. The zero-order chi connectivity index (χ0) is 12.1. The van der Waals surface area contributed by atoms with E-state index < -0.39 is 0 Å². The molecule has 17 heavy (non-hydrogen) atoms. The molecule has 0 fully saturated rings. The number of hydrogen-bond acceptors (Lipinski definition) is 3. The first kappa shape index (κ1) is 11.6. The van der Waals surface area contributed by atoms with Crippen LogP contribution in [0.4, 0.5) is 5.69 Å². The van der Waals surface area contributed by atoms with E-state index >= 15 is 0 Å². The lowest BCUT2D eigenvalue weighted by atomic mass is 10.1. The van der Waals surface area contributed by atoms with Gasteiger partial charge in [0.2, 0.25) is 0 Å². The molecule has 2 N–H and O–H groups in total. The van der Waals surface area contributed by atoms with Crippen LogP contribution in [-0.2, 0) is 13.1 Å². The molecule has 2 aromatic rings. The van der Waals surface area contributed by atoms with Crippen molar-refractivity contribution in [1.29, 1.82) is 0 Å². The SMILES string of the molecule is CN(Cc1ccccc1)c1cnccc1CN. The fourth-order valence-electron chi connectivity index (χ4n) is 1.87. The Balaban J connectivity index is 2.17. The van der Waals surface area contributed by atoms with Crippen LogP contribution in [0.3, 0.4) is 0 Å². The number of pyridine rings is 1. The first-order chi connectivity index (χ1) is 8.31. The molecule has 0 amide bonds. The highest BCUT2D eigenvalue weighted by molar-refractivity contribution is 5.51. The van der Waals surface area contributed by atoms with E-state index in [9.17, 15) is 0 Å². The van der Waals surface area contributed by atoms with Gasteiger partial charge in [-0.1, -0.05) is 30.3 Å². The van der Waals surface area contributed by atoms with Crippen molar-refractivity contribution in [3.05, 3.63) is 59.9 Å². The second kappa shape index (κ2) is 5.46. The zero-order valence-electron chi connectivity index (χ0n) is 10.0. The fraction of sp³-hybridized carbons (Fsp3) is 0.214. The van der Waals surface area contributed by atoms with Crippen LogP contribution in [0.2, 0.25) is 0 Å². The maximum atomic E-state index is 5.73. The molecule has 0 spiro atoms. The first-order valence-corrected chi connectivity index (χ1v) is 5.69. The van der Waals surface area contributed by atoms with Crippen molar-refractivity contribution in [3.63, 3.8) is 0 Å². The third-order valence-electron chi connectivity index (χ3n) is 2.78. The molecule has 0 atom stereocenters. The predicted molar refractivity (Wildman–Crippen MR) is 70.7 cm³/mol. The maximum absolute atomic E-state index is 5.73. The van der Waals surface area contributed by atoms with Crippen LogP contribution in [0.5, 0.6) is 0 Å². The van der Waals surface area contributed by atoms with Gasteiger partial charge in [0.05, 0.1) is 11.9 Å². The highest BCUT2D eigenvalue weighted by Crippen LogP contribution is 2.19. The fourth-order valence-corrected chi connectivity index (χ4v) is 1.87. The van der Waals surface area contributed by atoms with Crippen LogP contribution in [0.15, 0.2) is 48.8 Å². The third kappa shape index (κ3) is 2.82. The Bertz CT molecular complexity index is 468. The average Bonchev–Trinajstić information content (AvgIpc) is 2.40. The van der Waals surface area contributed by atoms with E-state index in [0.29, 0.717) is 6.54 Å². The second-order valence-corrected chi connectivity index (χ2v) is 4.05. The third-order valence-corrected chi connectivity index (χ3v) is 2.78. The molecule has 0 aliphatic carbocycles. The molecule has 0 aliphatic rings. The maximum Gasteiger partial charge on any atom is 0.0598 e. The van der Waals surface area contributed by atoms with Gasteiger partial charge in [-0.25, -0.2) is 0 Å². The van der Waals surface area contributed by atoms with Gasteiger partial charge in [0.1, 0.15) is 0 Å². The molecule has 0 aliphatic heterocycles. The van der Waals surface area contributed by atoms with Crippen molar-refractivity contribution in [3.8, 4) is 0 Å². The van der Waals surface area contributed by atoms with E-state index in [1.165, 1.54) is 5.56 Å². The minimum atomic E-state index is 0.539. The van der Waals surface area contributed by atoms with E-state index in [-0.39, 0.29) is 0 Å². The monoisotopic (exact) mass is 227 g/mol. The van der Waals surface area contributed by atoms with Gasteiger partial charge in [-0.3, -0.25) is 4.98 Å². The molecule has 0 bridgehead atoms. The van der Waals surface area contributed by atoms with E-state index in [2.05, 4.69) is 41.2 Å². The minimum Gasteiger partial charge on any atom is -0.369 e. The normalized spacial score (nSPS) is 10.2. The number of anilines is 1. The van der Waals surface area contributed by atoms with Crippen LogP contribution < -0.4 is 10.6 Å². The van der Waals surface area contributed by atoms with E-state index in [0.717, 1.165) is 17.8 Å². The van der Waals surface area contributed by atoms with Crippen LogP contribution in [0.25, 0.3) is 0 Å². The lowest BCUT2D eigenvalue weighted by Gasteiger charge is -2.21. The molecule has 1 aromatic heterocycles. The number of hydrogen-bond donors (Lipinski definition) is 1. The summed E-state index contributed by atoms with van der Waals surface area (Å²) in [5.41, 5.74) is 9.23. The Kier molecular flexibility index (Phi) is 3.73. The molecule has 3 nitrogen and oxygen atoms in total. The summed E-state index contributed by atoms with van der Waals surface area (Å²) in [5, 5.41) is 0. The summed E-state index contributed by atoms with van der Waals surface area (Å²) >= 11 is 0. The van der Waals surface area contributed by atoms with Gasteiger partial charge < -0.3 is 10.6 Å². The van der Waals surface area contributed by atoms with Gasteiger partial charge in [-0.2, -0.15) is 0 Å². The summed E-state index contributed by atoms with van der Waals surface area (Å²) in [4.78, 5) is 6.33. The Morgan fingerprint density at radius 3 is 2.65 bits per heavy atom. The molecule has 88 valence electrons. The lowest BCUT2D eigenvalue weighted by molar-refractivity contribution is 0.897. The van der Waals surface area contributed by atoms with Gasteiger partial charge in [-0.15, -0.1) is 0 Å². The van der Waals surface area contributed by atoms with Crippen molar-refractivity contribution in [1.82, 2.24) is 4.98 Å². The van der Waals surface area contributed by atoms with Crippen LogP contribution >= 0.6 is 0 Å². The van der Waals surface area contributed by atoms with Gasteiger partial charge >= 0.3 is 0 Å². The minimum absolute atomic E-state index is 0.539. The lowest BCUT2D eigenvalue weighted by Crippen LogP contribution is -2.19. The highest BCUT2D eigenvalue weighted by Gasteiger charge is 2.06. The predicted octanol–water partition coefficient (Wildman–Crippen LogP) is 2.18. The number of benzene rings is 1. The van der Waals surface area contributed by atoms with E-state index in [1.54, 1.807) is 6.20 Å². The van der Waals surface area contributed by atoms with Crippen LogP contribution in [0, 0.1) is 0 Å². The molecule has 2 rings (SSSR count). The molecule has 0 radical (unpaired) electrons. The summed E-state index contributed by atoms with van der Waals surface area (Å²) in [6, 6.07) is 12.3. The Morgan fingerprint density at radius 2 is 1.94 bits per heavy atom. The van der Waals surface area contributed by atoms with E-state index in [4.69, 9.17) is 5.73 Å².